The first-order valence-electron chi connectivity index (χ1n) is 5.93. The number of aromatic nitrogens is 2. The molecule has 0 spiro atoms. The number of hydrogen-bond donors (Lipinski definition) is 3. The average Bonchev–Trinajstić information content (AvgIpc) is 2.83. The predicted octanol–water partition coefficient (Wildman–Crippen LogP) is 1.12. The Morgan fingerprint density at radius 2 is 1.90 bits per heavy atom. The second kappa shape index (κ2) is 5.52. The van der Waals surface area contributed by atoms with Crippen LogP contribution in [0.3, 0.4) is 0 Å². The minimum atomic E-state index is -3.88. The average molecular weight is 312 g/mol. The summed E-state index contributed by atoms with van der Waals surface area (Å²) in [6.45, 7) is 1.72. The van der Waals surface area contributed by atoms with Crippen LogP contribution < -0.4 is 19.9 Å². The van der Waals surface area contributed by atoms with E-state index in [1.165, 1.54) is 32.5 Å². The van der Waals surface area contributed by atoms with E-state index in [1.807, 2.05) is 0 Å². The fourth-order valence-electron chi connectivity index (χ4n) is 1.74. The van der Waals surface area contributed by atoms with Gasteiger partial charge in [0.1, 0.15) is 22.2 Å². The minimum Gasteiger partial charge on any atom is -0.495 e. The topological polar surface area (TPSA) is 119 Å². The number of benzene rings is 1. The van der Waals surface area contributed by atoms with E-state index in [9.17, 15) is 8.42 Å². The van der Waals surface area contributed by atoms with Crippen LogP contribution in [0.25, 0.3) is 0 Å². The number of sulfonamides is 1. The normalized spacial score (nSPS) is 11.2. The van der Waals surface area contributed by atoms with Crippen LogP contribution in [0.2, 0.25) is 0 Å². The van der Waals surface area contributed by atoms with E-state index >= 15 is 0 Å². The van der Waals surface area contributed by atoms with Crippen LogP contribution >= 0.6 is 0 Å². The summed E-state index contributed by atoms with van der Waals surface area (Å²) in [6, 6.07) is 2.70. The molecule has 0 bridgehead atoms. The Labute approximate surface area is 122 Å². The Kier molecular flexibility index (Phi) is 3.94. The lowest BCUT2D eigenvalue weighted by molar-refractivity contribution is 0.387. The van der Waals surface area contributed by atoms with Gasteiger partial charge in [-0.05, 0) is 13.0 Å². The largest absolute Gasteiger partial charge is 0.495 e. The van der Waals surface area contributed by atoms with Crippen LogP contribution in [-0.4, -0.2) is 32.8 Å². The Bertz CT molecular complexity index is 755. The fourth-order valence-corrected chi connectivity index (χ4v) is 3.02. The maximum Gasteiger partial charge on any atom is 0.266 e. The van der Waals surface area contributed by atoms with Crippen molar-refractivity contribution in [1.29, 1.82) is 0 Å². The molecular formula is C12H16N4O4S. The summed E-state index contributed by atoms with van der Waals surface area (Å²) in [5, 5.41) is 6.33. The molecule has 2 rings (SSSR count). The van der Waals surface area contributed by atoms with E-state index in [4.69, 9.17) is 15.2 Å². The van der Waals surface area contributed by atoms with Crippen LogP contribution in [0.1, 0.15) is 5.56 Å². The molecule has 1 aromatic carbocycles. The molecule has 1 heterocycles. The maximum atomic E-state index is 12.4. The second-order valence-electron chi connectivity index (χ2n) is 4.28. The number of aromatic amines is 1. The third-order valence-electron chi connectivity index (χ3n) is 2.87. The summed E-state index contributed by atoms with van der Waals surface area (Å²) in [7, 11) is -1.08. The number of aryl methyl sites for hydroxylation is 1. The molecule has 9 heteroatoms. The van der Waals surface area contributed by atoms with E-state index in [1.54, 1.807) is 6.92 Å². The van der Waals surface area contributed by atoms with Crippen LogP contribution in [0, 0.1) is 6.92 Å². The van der Waals surface area contributed by atoms with Crippen molar-refractivity contribution in [3.05, 3.63) is 23.9 Å². The highest BCUT2D eigenvalue weighted by Gasteiger charge is 2.23. The zero-order chi connectivity index (χ0) is 15.6. The molecule has 0 atom stereocenters. The molecule has 0 amide bonds. The lowest BCUT2D eigenvalue weighted by Crippen LogP contribution is -2.15. The van der Waals surface area contributed by atoms with Gasteiger partial charge in [0.05, 0.1) is 26.1 Å². The molecule has 0 aliphatic heterocycles. The van der Waals surface area contributed by atoms with E-state index in [-0.39, 0.29) is 22.2 Å². The van der Waals surface area contributed by atoms with Crippen molar-refractivity contribution in [1.82, 2.24) is 10.2 Å². The predicted molar refractivity (Wildman–Crippen MR) is 78.1 cm³/mol. The number of nitrogens with zero attached hydrogens (tertiary/aromatic N) is 1. The molecule has 0 aliphatic rings. The van der Waals surface area contributed by atoms with Crippen molar-refractivity contribution in [2.45, 2.75) is 11.8 Å². The first-order valence-corrected chi connectivity index (χ1v) is 7.41. The van der Waals surface area contributed by atoms with Gasteiger partial charge in [-0.3, -0.25) is 9.82 Å². The van der Waals surface area contributed by atoms with Crippen LogP contribution in [0.5, 0.6) is 11.5 Å². The van der Waals surface area contributed by atoms with Crippen LogP contribution in [0.15, 0.2) is 23.2 Å². The summed E-state index contributed by atoms with van der Waals surface area (Å²) >= 11 is 0. The van der Waals surface area contributed by atoms with Gasteiger partial charge in [-0.25, -0.2) is 8.42 Å². The standard InChI is InChI=1S/C12H16N4O4S/c1-7-6-14-15-12(7)16-21(17,18)11-4-8(13)9(19-2)5-10(11)20-3/h4-6H,13H2,1-3H3,(H2,14,15,16). The van der Waals surface area contributed by atoms with E-state index in [2.05, 4.69) is 14.9 Å². The number of nitrogen functional groups attached to an aromatic ring is 1. The lowest BCUT2D eigenvalue weighted by atomic mass is 10.3. The van der Waals surface area contributed by atoms with Gasteiger partial charge in [0.2, 0.25) is 0 Å². The molecule has 1 aromatic heterocycles. The van der Waals surface area contributed by atoms with Gasteiger partial charge in [0.15, 0.2) is 0 Å². The number of anilines is 2. The van der Waals surface area contributed by atoms with Crippen molar-refractivity contribution in [2.75, 3.05) is 24.7 Å². The molecule has 21 heavy (non-hydrogen) atoms. The fraction of sp³-hybridized carbons (Fsp3) is 0.250. The molecule has 0 radical (unpaired) electrons. The number of nitrogens with two attached hydrogens (primary N) is 1. The van der Waals surface area contributed by atoms with E-state index in [0.717, 1.165) is 0 Å². The molecule has 2 aromatic rings. The molecule has 0 unspecified atom stereocenters. The van der Waals surface area contributed by atoms with Crippen molar-refractivity contribution < 1.29 is 17.9 Å². The molecule has 0 fully saturated rings. The monoisotopic (exact) mass is 312 g/mol. The third kappa shape index (κ3) is 2.87. The zero-order valence-electron chi connectivity index (χ0n) is 11.8. The van der Waals surface area contributed by atoms with Gasteiger partial charge in [-0.2, -0.15) is 5.10 Å². The first-order chi connectivity index (χ1) is 9.89. The van der Waals surface area contributed by atoms with E-state index < -0.39 is 10.0 Å². The highest BCUT2D eigenvalue weighted by atomic mass is 32.2. The number of nitrogens with one attached hydrogen (secondary N) is 2. The minimum absolute atomic E-state index is 0.0858. The smallest absolute Gasteiger partial charge is 0.266 e. The summed E-state index contributed by atoms with van der Waals surface area (Å²) < 4.78 is 37.4. The zero-order valence-corrected chi connectivity index (χ0v) is 12.6. The quantitative estimate of drug-likeness (QED) is 0.712. The number of ether oxygens (including phenoxy) is 2. The summed E-state index contributed by atoms with van der Waals surface area (Å²) in [4.78, 5) is -0.0858. The van der Waals surface area contributed by atoms with Gasteiger partial charge in [-0.15, -0.1) is 0 Å². The Morgan fingerprint density at radius 1 is 1.24 bits per heavy atom. The number of H-pyrrole nitrogens is 1. The maximum absolute atomic E-state index is 12.4. The van der Waals surface area contributed by atoms with Gasteiger partial charge < -0.3 is 15.2 Å². The molecule has 4 N–H and O–H groups in total. The third-order valence-corrected chi connectivity index (χ3v) is 4.24. The highest BCUT2D eigenvalue weighted by Crippen LogP contribution is 2.34. The summed E-state index contributed by atoms with van der Waals surface area (Å²) in [5.41, 5.74) is 6.62. The molecule has 114 valence electrons. The Morgan fingerprint density at radius 3 is 2.43 bits per heavy atom. The Balaban J connectivity index is 2.49. The van der Waals surface area contributed by atoms with Crippen molar-refractivity contribution in [3.8, 4) is 11.5 Å². The highest BCUT2D eigenvalue weighted by molar-refractivity contribution is 7.92. The number of hydrogen-bond acceptors (Lipinski definition) is 6. The van der Waals surface area contributed by atoms with Gasteiger partial charge >= 0.3 is 0 Å². The lowest BCUT2D eigenvalue weighted by Gasteiger charge is -2.14. The molecule has 8 nitrogen and oxygen atoms in total. The van der Waals surface area contributed by atoms with Crippen LogP contribution in [-0.2, 0) is 10.0 Å². The second-order valence-corrected chi connectivity index (χ2v) is 5.93. The summed E-state index contributed by atoms with van der Waals surface area (Å²) in [6.07, 6.45) is 1.51. The SMILES string of the molecule is COc1cc(OC)c(S(=O)(=O)Nc2[nH]ncc2C)cc1N. The Hall–Kier alpha value is -2.42. The summed E-state index contributed by atoms with van der Waals surface area (Å²) in [5.74, 6) is 0.751. The number of methoxy groups -OCH3 is 2. The molecule has 0 aliphatic carbocycles. The van der Waals surface area contributed by atoms with Crippen molar-refractivity contribution in [3.63, 3.8) is 0 Å². The number of rotatable bonds is 5. The van der Waals surface area contributed by atoms with Gasteiger partial charge in [0, 0.05) is 11.6 Å². The molecule has 0 saturated carbocycles. The van der Waals surface area contributed by atoms with E-state index in [0.29, 0.717) is 11.3 Å². The van der Waals surface area contributed by atoms with Crippen molar-refractivity contribution in [2.24, 2.45) is 0 Å². The van der Waals surface area contributed by atoms with Crippen molar-refractivity contribution >= 4 is 21.5 Å². The van der Waals surface area contributed by atoms with Gasteiger partial charge in [-0.1, -0.05) is 0 Å². The first kappa shape index (κ1) is 15.0. The molecule has 0 saturated heterocycles. The van der Waals surface area contributed by atoms with Crippen LogP contribution in [0.4, 0.5) is 11.5 Å². The molecular weight excluding hydrogens is 296 g/mol. The van der Waals surface area contributed by atoms with Gasteiger partial charge in [0.25, 0.3) is 10.0 Å².